The Labute approximate surface area is 156 Å². The van der Waals surface area contributed by atoms with Crippen LogP contribution in [-0.4, -0.2) is 38.1 Å². The molecular formula is C19H20N2O6. The van der Waals surface area contributed by atoms with Crippen molar-refractivity contribution in [2.45, 2.75) is 13.0 Å². The van der Waals surface area contributed by atoms with Crippen molar-refractivity contribution < 1.29 is 28.6 Å². The first-order valence-electron chi connectivity index (χ1n) is 8.05. The van der Waals surface area contributed by atoms with Gasteiger partial charge in [0.1, 0.15) is 17.1 Å². The van der Waals surface area contributed by atoms with Gasteiger partial charge in [-0.15, -0.1) is 0 Å². The molecule has 0 aliphatic heterocycles. The van der Waals surface area contributed by atoms with Gasteiger partial charge in [-0.05, 0) is 31.2 Å². The van der Waals surface area contributed by atoms with Crippen molar-refractivity contribution >= 4 is 17.8 Å². The van der Waals surface area contributed by atoms with Crippen LogP contribution in [0.5, 0.6) is 11.5 Å². The molecule has 0 fully saturated rings. The Kier molecular flexibility index (Phi) is 6.76. The highest BCUT2D eigenvalue weighted by atomic mass is 16.6. The summed E-state index contributed by atoms with van der Waals surface area (Å²) in [6, 6.07) is 13.2. The zero-order valence-electron chi connectivity index (χ0n) is 15.1. The zero-order valence-corrected chi connectivity index (χ0v) is 15.1. The van der Waals surface area contributed by atoms with Gasteiger partial charge in [-0.25, -0.2) is 4.79 Å². The van der Waals surface area contributed by atoms with Gasteiger partial charge >= 0.3 is 5.97 Å². The maximum absolute atomic E-state index is 12.4. The Bertz CT molecular complexity index is 800. The van der Waals surface area contributed by atoms with Crippen LogP contribution < -0.4 is 20.3 Å². The van der Waals surface area contributed by atoms with E-state index in [0.717, 1.165) is 0 Å². The fourth-order valence-electron chi connectivity index (χ4n) is 2.21. The predicted octanol–water partition coefficient (Wildman–Crippen LogP) is 1.71. The van der Waals surface area contributed by atoms with Gasteiger partial charge < -0.3 is 14.2 Å². The van der Waals surface area contributed by atoms with Crippen molar-refractivity contribution in [2.75, 3.05) is 14.2 Å². The molecule has 27 heavy (non-hydrogen) atoms. The molecule has 2 rings (SSSR count). The first-order valence-corrected chi connectivity index (χ1v) is 8.05. The average molecular weight is 372 g/mol. The number of rotatable bonds is 6. The van der Waals surface area contributed by atoms with Crippen LogP contribution in [0.2, 0.25) is 0 Å². The third-order valence-electron chi connectivity index (χ3n) is 3.62. The molecule has 0 aliphatic rings. The number of carbonyl (C=O) groups excluding carboxylic acids is 3. The minimum atomic E-state index is -1.16. The van der Waals surface area contributed by atoms with E-state index < -0.39 is 23.9 Å². The average Bonchev–Trinajstić information content (AvgIpc) is 2.71. The number of hydrazine groups is 1. The van der Waals surface area contributed by atoms with E-state index >= 15 is 0 Å². The minimum Gasteiger partial charge on any atom is -0.496 e. The number of amides is 2. The first-order chi connectivity index (χ1) is 13.0. The highest BCUT2D eigenvalue weighted by Gasteiger charge is 2.25. The number of ether oxygens (including phenoxy) is 3. The molecule has 2 N–H and O–H groups in total. The largest absolute Gasteiger partial charge is 0.496 e. The molecule has 8 nitrogen and oxygen atoms in total. The first kappa shape index (κ1) is 19.8. The quantitative estimate of drug-likeness (QED) is 0.591. The van der Waals surface area contributed by atoms with Crippen molar-refractivity contribution in [1.29, 1.82) is 0 Å². The molecule has 0 heterocycles. The van der Waals surface area contributed by atoms with E-state index in [-0.39, 0.29) is 17.1 Å². The highest BCUT2D eigenvalue weighted by molar-refractivity contribution is 5.98. The minimum absolute atomic E-state index is 0.0653. The van der Waals surface area contributed by atoms with E-state index in [9.17, 15) is 14.4 Å². The second-order valence-electron chi connectivity index (χ2n) is 5.39. The normalized spacial score (nSPS) is 11.1. The monoisotopic (exact) mass is 372 g/mol. The fraction of sp³-hybridized carbons (Fsp3) is 0.211. The maximum atomic E-state index is 12.4. The second kappa shape index (κ2) is 9.23. The number of esters is 1. The van der Waals surface area contributed by atoms with Gasteiger partial charge in [0.15, 0.2) is 6.10 Å². The van der Waals surface area contributed by atoms with Crippen molar-refractivity contribution in [3.8, 4) is 11.5 Å². The molecule has 0 bridgehead atoms. The van der Waals surface area contributed by atoms with Crippen LogP contribution in [-0.2, 0) is 9.53 Å². The SMILES string of the molecule is COc1cccc(OC)c1C(=O)O[C@H](C)C(=O)NNC(=O)c1ccccc1. The van der Waals surface area contributed by atoms with E-state index in [1.54, 1.807) is 48.5 Å². The predicted molar refractivity (Wildman–Crippen MR) is 96.5 cm³/mol. The number of nitrogens with one attached hydrogen (secondary N) is 2. The molecule has 0 radical (unpaired) electrons. The third kappa shape index (κ3) is 4.97. The van der Waals surface area contributed by atoms with E-state index in [1.165, 1.54) is 21.1 Å². The summed E-state index contributed by atoms with van der Waals surface area (Å²) in [6.45, 7) is 1.38. The molecule has 0 saturated heterocycles. The lowest BCUT2D eigenvalue weighted by Gasteiger charge is -2.16. The number of hydrogen-bond donors (Lipinski definition) is 2. The lowest BCUT2D eigenvalue weighted by Crippen LogP contribution is -2.46. The van der Waals surface area contributed by atoms with Crippen LogP contribution in [0.25, 0.3) is 0 Å². The van der Waals surface area contributed by atoms with Gasteiger partial charge in [0, 0.05) is 5.56 Å². The topological polar surface area (TPSA) is 103 Å². The number of benzene rings is 2. The Balaban J connectivity index is 1.98. The molecule has 0 spiro atoms. The molecule has 8 heteroatoms. The van der Waals surface area contributed by atoms with Crippen LogP contribution in [0, 0.1) is 0 Å². The van der Waals surface area contributed by atoms with E-state index in [0.29, 0.717) is 5.56 Å². The fourth-order valence-corrected chi connectivity index (χ4v) is 2.21. The molecule has 2 aromatic carbocycles. The Morgan fingerprint density at radius 2 is 1.44 bits per heavy atom. The summed E-state index contributed by atoms with van der Waals surface area (Å²) in [6.07, 6.45) is -1.16. The second-order valence-corrected chi connectivity index (χ2v) is 5.39. The molecule has 0 aliphatic carbocycles. The van der Waals surface area contributed by atoms with Crippen LogP contribution >= 0.6 is 0 Å². The van der Waals surface area contributed by atoms with Gasteiger partial charge in [0.2, 0.25) is 0 Å². The van der Waals surface area contributed by atoms with Crippen LogP contribution in [0.4, 0.5) is 0 Å². The smallest absolute Gasteiger partial charge is 0.346 e. The molecule has 0 unspecified atom stereocenters. The number of methoxy groups -OCH3 is 2. The van der Waals surface area contributed by atoms with Gasteiger partial charge in [0.05, 0.1) is 14.2 Å². The Morgan fingerprint density at radius 1 is 0.852 bits per heavy atom. The van der Waals surface area contributed by atoms with Gasteiger partial charge in [-0.2, -0.15) is 0 Å². The third-order valence-corrected chi connectivity index (χ3v) is 3.62. The van der Waals surface area contributed by atoms with E-state index in [1.807, 2.05) is 0 Å². The summed E-state index contributed by atoms with van der Waals surface area (Å²) in [7, 11) is 2.81. The van der Waals surface area contributed by atoms with Crippen molar-refractivity contribution in [3.63, 3.8) is 0 Å². The van der Waals surface area contributed by atoms with Crippen molar-refractivity contribution in [2.24, 2.45) is 0 Å². The Hall–Kier alpha value is -3.55. The maximum Gasteiger partial charge on any atom is 0.346 e. The molecule has 2 aromatic rings. The molecule has 0 aromatic heterocycles. The van der Waals surface area contributed by atoms with E-state index in [2.05, 4.69) is 10.9 Å². The Morgan fingerprint density at radius 3 is 2.00 bits per heavy atom. The number of carbonyl (C=O) groups is 3. The van der Waals surface area contributed by atoms with Gasteiger partial charge in [0.25, 0.3) is 11.8 Å². The number of hydrogen-bond acceptors (Lipinski definition) is 6. The van der Waals surface area contributed by atoms with Gasteiger partial charge in [-0.3, -0.25) is 20.4 Å². The molecular weight excluding hydrogens is 352 g/mol. The molecule has 142 valence electrons. The van der Waals surface area contributed by atoms with Crippen LogP contribution in [0.3, 0.4) is 0 Å². The molecule has 2 amide bonds. The van der Waals surface area contributed by atoms with Crippen molar-refractivity contribution in [3.05, 3.63) is 59.7 Å². The summed E-state index contributed by atoms with van der Waals surface area (Å²) >= 11 is 0. The molecule has 1 atom stereocenters. The zero-order chi connectivity index (χ0) is 19.8. The summed E-state index contributed by atoms with van der Waals surface area (Å²) in [5.41, 5.74) is 4.92. The van der Waals surface area contributed by atoms with Crippen LogP contribution in [0.1, 0.15) is 27.6 Å². The standard InChI is InChI=1S/C19H20N2O6/c1-12(17(22)20-21-18(23)13-8-5-4-6-9-13)27-19(24)16-14(25-2)10-7-11-15(16)26-3/h4-12H,1-3H3,(H,20,22)(H,21,23)/t12-/m1/s1. The summed E-state index contributed by atoms with van der Waals surface area (Å²) in [5, 5.41) is 0. The summed E-state index contributed by atoms with van der Waals surface area (Å²) < 4.78 is 15.4. The van der Waals surface area contributed by atoms with E-state index in [4.69, 9.17) is 14.2 Å². The lowest BCUT2D eigenvalue weighted by molar-refractivity contribution is -0.129. The van der Waals surface area contributed by atoms with Crippen molar-refractivity contribution in [1.82, 2.24) is 10.9 Å². The molecule has 0 saturated carbocycles. The lowest BCUT2D eigenvalue weighted by atomic mass is 10.1. The van der Waals surface area contributed by atoms with Crippen LogP contribution in [0.15, 0.2) is 48.5 Å². The summed E-state index contributed by atoms with van der Waals surface area (Å²) in [5.74, 6) is -1.47. The summed E-state index contributed by atoms with van der Waals surface area (Å²) in [4.78, 5) is 36.4. The van der Waals surface area contributed by atoms with Gasteiger partial charge in [-0.1, -0.05) is 24.3 Å². The highest BCUT2D eigenvalue weighted by Crippen LogP contribution is 2.29.